The molecule has 0 aliphatic carbocycles. The summed E-state index contributed by atoms with van der Waals surface area (Å²) in [6.07, 6.45) is -0.0213. The summed E-state index contributed by atoms with van der Waals surface area (Å²) < 4.78 is 22.1. The summed E-state index contributed by atoms with van der Waals surface area (Å²) in [5.41, 5.74) is 5.69. The number of carbonyl (C=O) groups is 2. The highest BCUT2D eigenvalue weighted by Gasteiger charge is 2.36. The molecule has 0 unspecified atom stereocenters. The summed E-state index contributed by atoms with van der Waals surface area (Å²) in [6, 6.07) is -0.853. The summed E-state index contributed by atoms with van der Waals surface area (Å²) in [7, 11) is 0. The molecule has 0 bridgehead atoms. The van der Waals surface area contributed by atoms with Crippen LogP contribution in [0.2, 0.25) is 0 Å². The first kappa shape index (κ1) is 23.1. The first-order valence-corrected chi connectivity index (χ1v) is 8.22. The minimum Gasteiger partial charge on any atom is -0.457 e. The van der Waals surface area contributed by atoms with Crippen LogP contribution in [0.4, 0.5) is 0 Å². The first-order valence-electron chi connectivity index (χ1n) is 8.22. The van der Waals surface area contributed by atoms with Gasteiger partial charge in [0.15, 0.2) is 6.10 Å². The third kappa shape index (κ3) is 7.34. The van der Waals surface area contributed by atoms with Gasteiger partial charge in [-0.2, -0.15) is 0 Å². The van der Waals surface area contributed by atoms with Gasteiger partial charge in [-0.05, 0) is 13.3 Å². The molecule has 0 spiro atoms. The Kier molecular flexibility index (Phi) is 11.2. The number of halogens is 1. The molecule has 0 saturated carbocycles. The molecular weight excluding hydrogens is 338 g/mol. The van der Waals surface area contributed by atoms with E-state index >= 15 is 0 Å². The van der Waals surface area contributed by atoms with Crippen LogP contribution in [0.5, 0.6) is 0 Å². The van der Waals surface area contributed by atoms with E-state index in [1.807, 2.05) is 0 Å². The Bertz CT molecular complexity index is 393. The van der Waals surface area contributed by atoms with E-state index < -0.39 is 30.3 Å². The van der Waals surface area contributed by atoms with Crippen molar-refractivity contribution in [2.45, 2.75) is 64.9 Å². The molecule has 1 rings (SSSR count). The van der Waals surface area contributed by atoms with Gasteiger partial charge in [0.1, 0.15) is 18.2 Å². The molecule has 1 aliphatic heterocycles. The summed E-state index contributed by atoms with van der Waals surface area (Å²) in [5.74, 6) is -1.23. The Labute approximate surface area is 149 Å². The van der Waals surface area contributed by atoms with Crippen LogP contribution < -0.4 is 5.73 Å². The topological polar surface area (TPSA) is 97.1 Å². The normalized spacial score (nSPS) is 28.2. The van der Waals surface area contributed by atoms with Gasteiger partial charge in [-0.25, -0.2) is 0 Å². The zero-order valence-electron chi connectivity index (χ0n) is 14.9. The van der Waals surface area contributed by atoms with E-state index in [0.29, 0.717) is 6.61 Å². The molecule has 1 heterocycles. The molecule has 24 heavy (non-hydrogen) atoms. The molecule has 1 saturated heterocycles. The van der Waals surface area contributed by atoms with Crippen LogP contribution >= 0.6 is 12.4 Å². The zero-order valence-corrected chi connectivity index (χ0v) is 15.7. The van der Waals surface area contributed by atoms with Crippen LogP contribution in [-0.2, 0) is 28.5 Å². The standard InChI is InChI=1S/C16H29NO6.ClH/c1-5-6-7-21-13-9-20-8-12(17)16(19)22-11(4)14(13)23-15(18)10(2)3;/h10-14H,5-9,17H2,1-4H3;1H/t11-,12-,13-,14-;/m0./s1. The molecule has 0 amide bonds. The number of hydrogen-bond donors (Lipinski definition) is 1. The maximum Gasteiger partial charge on any atom is 0.325 e. The fourth-order valence-corrected chi connectivity index (χ4v) is 2.08. The average molecular weight is 368 g/mol. The van der Waals surface area contributed by atoms with Crippen LogP contribution in [0.3, 0.4) is 0 Å². The first-order chi connectivity index (χ1) is 10.9. The van der Waals surface area contributed by atoms with Crippen LogP contribution in [0.15, 0.2) is 0 Å². The van der Waals surface area contributed by atoms with Gasteiger partial charge in [0.2, 0.25) is 0 Å². The van der Waals surface area contributed by atoms with Crippen molar-refractivity contribution < 1.29 is 28.5 Å². The Morgan fingerprint density at radius 3 is 2.62 bits per heavy atom. The lowest BCUT2D eigenvalue weighted by atomic mass is 10.1. The second kappa shape index (κ2) is 11.6. The maximum absolute atomic E-state index is 12.0. The highest BCUT2D eigenvalue weighted by molar-refractivity contribution is 5.85. The Hall–Kier alpha value is -0.890. The monoisotopic (exact) mass is 367 g/mol. The molecule has 8 heteroatoms. The van der Waals surface area contributed by atoms with Gasteiger partial charge in [-0.1, -0.05) is 27.2 Å². The van der Waals surface area contributed by atoms with E-state index in [-0.39, 0.29) is 37.5 Å². The third-order valence-electron chi connectivity index (χ3n) is 3.57. The van der Waals surface area contributed by atoms with Crippen molar-refractivity contribution >= 4 is 24.3 Å². The minimum atomic E-state index is -0.853. The van der Waals surface area contributed by atoms with Gasteiger partial charge >= 0.3 is 11.9 Å². The predicted octanol–water partition coefficient (Wildman–Crippen LogP) is 1.45. The Balaban J connectivity index is 0.00000529. The van der Waals surface area contributed by atoms with E-state index in [2.05, 4.69) is 6.92 Å². The summed E-state index contributed by atoms with van der Waals surface area (Å²) >= 11 is 0. The maximum atomic E-state index is 12.0. The summed E-state index contributed by atoms with van der Waals surface area (Å²) in [5, 5.41) is 0. The number of nitrogens with two attached hydrogens (primary N) is 1. The van der Waals surface area contributed by atoms with E-state index in [9.17, 15) is 9.59 Å². The molecule has 2 N–H and O–H groups in total. The third-order valence-corrected chi connectivity index (χ3v) is 3.57. The van der Waals surface area contributed by atoms with Crippen LogP contribution in [0.1, 0.15) is 40.5 Å². The van der Waals surface area contributed by atoms with Gasteiger partial charge in [-0.3, -0.25) is 9.59 Å². The zero-order chi connectivity index (χ0) is 17.4. The number of rotatable bonds is 6. The number of carbonyl (C=O) groups excluding carboxylic acids is 2. The average Bonchev–Trinajstić information content (AvgIpc) is 2.53. The van der Waals surface area contributed by atoms with Gasteiger partial charge in [0.25, 0.3) is 0 Å². The van der Waals surface area contributed by atoms with Gasteiger partial charge in [0, 0.05) is 6.61 Å². The number of hydrogen-bond acceptors (Lipinski definition) is 7. The van der Waals surface area contributed by atoms with Crippen molar-refractivity contribution in [3.8, 4) is 0 Å². The van der Waals surface area contributed by atoms with Crippen molar-refractivity contribution in [2.75, 3.05) is 19.8 Å². The van der Waals surface area contributed by atoms with E-state index in [4.69, 9.17) is 24.7 Å². The minimum absolute atomic E-state index is 0. The van der Waals surface area contributed by atoms with E-state index in [1.54, 1.807) is 20.8 Å². The highest BCUT2D eigenvalue weighted by atomic mass is 35.5. The lowest BCUT2D eigenvalue weighted by Gasteiger charge is -2.30. The van der Waals surface area contributed by atoms with E-state index in [0.717, 1.165) is 12.8 Å². The molecule has 142 valence electrons. The molecule has 1 aliphatic rings. The molecule has 4 atom stereocenters. The SMILES string of the molecule is CCCCO[C@H]1COC[C@H](N)C(=O)O[C@@H](C)[C@@H]1OC(=O)C(C)C.Cl. The molecule has 1 fully saturated rings. The quantitative estimate of drug-likeness (QED) is 0.560. The molecule has 0 radical (unpaired) electrons. The molecule has 0 aromatic heterocycles. The molecule has 7 nitrogen and oxygen atoms in total. The van der Waals surface area contributed by atoms with Crippen molar-refractivity contribution in [1.29, 1.82) is 0 Å². The largest absolute Gasteiger partial charge is 0.457 e. The van der Waals surface area contributed by atoms with Crippen LogP contribution in [0.25, 0.3) is 0 Å². The van der Waals surface area contributed by atoms with Crippen LogP contribution in [-0.4, -0.2) is 56.1 Å². The highest BCUT2D eigenvalue weighted by Crippen LogP contribution is 2.18. The van der Waals surface area contributed by atoms with Gasteiger partial charge in [0.05, 0.1) is 19.1 Å². The van der Waals surface area contributed by atoms with Crippen molar-refractivity contribution in [2.24, 2.45) is 11.7 Å². The van der Waals surface area contributed by atoms with Crippen molar-refractivity contribution in [3.05, 3.63) is 0 Å². The molecular formula is C16H30ClNO6. The molecule has 0 aromatic carbocycles. The van der Waals surface area contributed by atoms with E-state index in [1.165, 1.54) is 0 Å². The van der Waals surface area contributed by atoms with Crippen molar-refractivity contribution in [1.82, 2.24) is 0 Å². The number of unbranched alkanes of at least 4 members (excludes halogenated alkanes) is 1. The predicted molar refractivity (Wildman–Crippen MR) is 91.0 cm³/mol. The van der Waals surface area contributed by atoms with Crippen LogP contribution in [0, 0.1) is 5.92 Å². The second-order valence-electron chi connectivity index (χ2n) is 6.10. The van der Waals surface area contributed by atoms with Gasteiger partial charge in [-0.15, -0.1) is 12.4 Å². The Morgan fingerprint density at radius 2 is 2.04 bits per heavy atom. The fraction of sp³-hybridized carbons (Fsp3) is 0.875. The summed E-state index contributed by atoms with van der Waals surface area (Å²) in [6.45, 7) is 7.97. The Morgan fingerprint density at radius 1 is 1.38 bits per heavy atom. The fourth-order valence-electron chi connectivity index (χ4n) is 2.08. The number of esters is 2. The number of cyclic esters (lactones) is 1. The van der Waals surface area contributed by atoms with Gasteiger partial charge < -0.3 is 24.7 Å². The summed E-state index contributed by atoms with van der Waals surface area (Å²) in [4.78, 5) is 23.8. The lowest BCUT2D eigenvalue weighted by molar-refractivity contribution is -0.182. The lowest BCUT2D eigenvalue weighted by Crippen LogP contribution is -2.46. The number of ether oxygens (including phenoxy) is 4. The van der Waals surface area contributed by atoms with Crippen molar-refractivity contribution in [3.63, 3.8) is 0 Å². The smallest absolute Gasteiger partial charge is 0.325 e. The molecule has 0 aromatic rings. The second-order valence-corrected chi connectivity index (χ2v) is 6.10.